The number of carbonyl (C=O) groups is 3. The molecule has 0 heterocycles. The summed E-state index contributed by atoms with van der Waals surface area (Å²) in [5, 5.41) is 0. The first-order valence-corrected chi connectivity index (χ1v) is 27.1. The maximum absolute atomic E-state index is 12.8. The van der Waals surface area contributed by atoms with Gasteiger partial charge in [0.05, 0.1) is 0 Å². The molecular weight excluding hydrogens is 781 g/mol. The Morgan fingerprint density at radius 1 is 0.317 bits per heavy atom. The fourth-order valence-corrected chi connectivity index (χ4v) is 7.64. The Hall–Kier alpha value is -2.63. The van der Waals surface area contributed by atoms with Gasteiger partial charge in [0.1, 0.15) is 13.2 Å². The lowest BCUT2D eigenvalue weighted by Gasteiger charge is -2.18. The van der Waals surface area contributed by atoms with Gasteiger partial charge in [-0.1, -0.05) is 204 Å². The van der Waals surface area contributed by atoms with Crippen molar-refractivity contribution in [3.8, 4) is 0 Å². The molecule has 0 aliphatic heterocycles. The SMILES string of the molecule is CCCCCC=CCC=CCCCCCCCC(=O)OC[C@@H](COC(=O)CCCCCCCC=CCCCCCCCC)OC(=O)CCCCCCCCCC=CCCCCCC. The van der Waals surface area contributed by atoms with Gasteiger partial charge in [-0.2, -0.15) is 0 Å². The molecule has 6 heteroatoms. The van der Waals surface area contributed by atoms with Gasteiger partial charge in [-0.05, 0) is 103 Å². The minimum absolute atomic E-state index is 0.0827. The molecule has 0 saturated heterocycles. The van der Waals surface area contributed by atoms with E-state index in [1.807, 2.05) is 0 Å². The van der Waals surface area contributed by atoms with E-state index in [4.69, 9.17) is 14.2 Å². The predicted octanol–water partition coefficient (Wildman–Crippen LogP) is 17.9. The second kappa shape index (κ2) is 52.0. The summed E-state index contributed by atoms with van der Waals surface area (Å²) >= 11 is 0. The first-order valence-electron chi connectivity index (χ1n) is 27.1. The van der Waals surface area contributed by atoms with Gasteiger partial charge in [0.15, 0.2) is 6.10 Å². The molecule has 0 fully saturated rings. The number of allylic oxidation sites excluding steroid dienone is 8. The molecule has 0 bridgehead atoms. The topological polar surface area (TPSA) is 78.9 Å². The van der Waals surface area contributed by atoms with Gasteiger partial charge in [-0.25, -0.2) is 0 Å². The summed E-state index contributed by atoms with van der Waals surface area (Å²) in [6, 6.07) is 0. The van der Waals surface area contributed by atoms with Crippen LogP contribution in [0, 0.1) is 0 Å². The van der Waals surface area contributed by atoms with Crippen LogP contribution < -0.4 is 0 Å². The lowest BCUT2D eigenvalue weighted by Crippen LogP contribution is -2.30. The van der Waals surface area contributed by atoms with Crippen LogP contribution in [0.2, 0.25) is 0 Å². The summed E-state index contributed by atoms with van der Waals surface area (Å²) in [4.78, 5) is 38.0. The molecule has 0 unspecified atom stereocenters. The summed E-state index contributed by atoms with van der Waals surface area (Å²) < 4.78 is 16.8. The van der Waals surface area contributed by atoms with Crippen LogP contribution in [0.3, 0.4) is 0 Å². The highest BCUT2D eigenvalue weighted by Crippen LogP contribution is 2.14. The molecule has 0 aromatic carbocycles. The smallest absolute Gasteiger partial charge is 0.306 e. The minimum atomic E-state index is -0.783. The van der Waals surface area contributed by atoms with Gasteiger partial charge in [0.25, 0.3) is 0 Å². The summed E-state index contributed by atoms with van der Waals surface area (Å²) in [5.74, 6) is -0.900. The average Bonchev–Trinajstić information content (AvgIpc) is 3.28. The first-order chi connectivity index (χ1) is 31.0. The van der Waals surface area contributed by atoms with Gasteiger partial charge in [0.2, 0.25) is 0 Å². The lowest BCUT2D eigenvalue weighted by molar-refractivity contribution is -0.167. The van der Waals surface area contributed by atoms with Crippen LogP contribution in [-0.2, 0) is 28.6 Å². The maximum atomic E-state index is 12.8. The van der Waals surface area contributed by atoms with Crippen molar-refractivity contribution in [1.29, 1.82) is 0 Å². The van der Waals surface area contributed by atoms with Crippen molar-refractivity contribution in [2.24, 2.45) is 0 Å². The highest BCUT2D eigenvalue weighted by Gasteiger charge is 2.19. The molecule has 0 saturated carbocycles. The summed E-state index contributed by atoms with van der Waals surface area (Å²) in [6.45, 7) is 6.59. The van der Waals surface area contributed by atoms with Crippen molar-refractivity contribution < 1.29 is 28.6 Å². The Bertz CT molecular complexity index is 1110. The van der Waals surface area contributed by atoms with Crippen molar-refractivity contribution in [3.63, 3.8) is 0 Å². The van der Waals surface area contributed by atoms with Crippen LogP contribution in [0.25, 0.3) is 0 Å². The molecule has 63 heavy (non-hydrogen) atoms. The van der Waals surface area contributed by atoms with Gasteiger partial charge >= 0.3 is 17.9 Å². The third kappa shape index (κ3) is 50.2. The van der Waals surface area contributed by atoms with E-state index in [1.54, 1.807) is 0 Å². The van der Waals surface area contributed by atoms with Crippen LogP contribution in [-0.4, -0.2) is 37.2 Å². The highest BCUT2D eigenvalue weighted by atomic mass is 16.6. The number of esters is 3. The number of carbonyl (C=O) groups excluding carboxylic acids is 3. The van der Waals surface area contributed by atoms with Crippen LogP contribution in [0.5, 0.6) is 0 Å². The molecule has 0 radical (unpaired) electrons. The zero-order valence-corrected chi connectivity index (χ0v) is 41.8. The molecule has 1 atom stereocenters. The third-order valence-corrected chi connectivity index (χ3v) is 11.8. The molecular formula is C57H102O6. The number of hydrogen-bond donors (Lipinski definition) is 0. The molecule has 0 aromatic rings. The molecule has 0 amide bonds. The standard InChI is InChI=1S/C57H102O6/c1-4-7-10-13-16-19-22-25-28-31-34-37-40-43-46-49-55(58)61-52-54(63-57(60)51-48-45-42-39-36-33-30-27-24-21-18-15-12-9-6-3)53-62-56(59)50-47-44-41-38-35-32-29-26-23-20-17-14-11-8-5-2/h16,19,21,24-26,28-29,54H,4-15,17-18,20,22-23,27,30-53H2,1-3H3/t54-/m0/s1. The highest BCUT2D eigenvalue weighted by molar-refractivity contribution is 5.71. The second-order valence-electron chi connectivity index (χ2n) is 18.1. The van der Waals surface area contributed by atoms with Gasteiger partial charge in [-0.15, -0.1) is 0 Å². The van der Waals surface area contributed by atoms with Crippen LogP contribution in [0.1, 0.15) is 278 Å². The van der Waals surface area contributed by atoms with Crippen LogP contribution in [0.15, 0.2) is 48.6 Å². The molecule has 0 N–H and O–H groups in total. The predicted molar refractivity (Wildman–Crippen MR) is 270 cm³/mol. The Morgan fingerprint density at radius 3 is 0.937 bits per heavy atom. The van der Waals surface area contributed by atoms with Gasteiger partial charge in [-0.3, -0.25) is 14.4 Å². The Labute approximate surface area is 390 Å². The summed E-state index contributed by atoms with van der Waals surface area (Å²) in [6.07, 6.45) is 62.3. The largest absolute Gasteiger partial charge is 0.462 e. The molecule has 0 rings (SSSR count). The zero-order chi connectivity index (χ0) is 45.8. The maximum Gasteiger partial charge on any atom is 0.306 e. The van der Waals surface area contributed by atoms with Crippen molar-refractivity contribution in [1.82, 2.24) is 0 Å². The lowest BCUT2D eigenvalue weighted by atomic mass is 10.1. The molecule has 0 aromatic heterocycles. The average molecular weight is 883 g/mol. The number of rotatable bonds is 49. The summed E-state index contributed by atoms with van der Waals surface area (Å²) in [7, 11) is 0. The quantitative estimate of drug-likeness (QED) is 0.0262. The summed E-state index contributed by atoms with van der Waals surface area (Å²) in [5.41, 5.74) is 0. The molecule has 0 aliphatic carbocycles. The minimum Gasteiger partial charge on any atom is -0.462 e. The fraction of sp³-hybridized carbons (Fsp3) is 0.807. The van der Waals surface area contributed by atoms with E-state index in [0.717, 1.165) is 83.5 Å². The molecule has 6 nitrogen and oxygen atoms in total. The molecule has 0 spiro atoms. The Balaban J connectivity index is 4.41. The van der Waals surface area contributed by atoms with Crippen LogP contribution >= 0.6 is 0 Å². The molecule has 0 aliphatic rings. The fourth-order valence-electron chi connectivity index (χ4n) is 7.64. The van der Waals surface area contributed by atoms with Gasteiger partial charge in [0, 0.05) is 19.3 Å². The number of unbranched alkanes of at least 4 members (excludes halogenated alkanes) is 30. The van der Waals surface area contributed by atoms with E-state index >= 15 is 0 Å². The van der Waals surface area contributed by atoms with Crippen molar-refractivity contribution in [2.75, 3.05) is 13.2 Å². The van der Waals surface area contributed by atoms with E-state index < -0.39 is 6.10 Å². The Morgan fingerprint density at radius 2 is 0.571 bits per heavy atom. The normalized spacial score (nSPS) is 12.4. The van der Waals surface area contributed by atoms with Crippen molar-refractivity contribution in [3.05, 3.63) is 48.6 Å². The zero-order valence-electron chi connectivity index (χ0n) is 41.8. The van der Waals surface area contributed by atoms with Crippen molar-refractivity contribution in [2.45, 2.75) is 284 Å². The van der Waals surface area contributed by atoms with E-state index in [0.29, 0.717) is 19.3 Å². The molecule has 366 valence electrons. The number of ether oxygens (including phenoxy) is 3. The number of hydrogen-bond acceptors (Lipinski definition) is 6. The van der Waals surface area contributed by atoms with Gasteiger partial charge < -0.3 is 14.2 Å². The monoisotopic (exact) mass is 883 g/mol. The van der Waals surface area contributed by atoms with E-state index in [1.165, 1.54) is 154 Å². The first kappa shape index (κ1) is 60.4. The Kier molecular flexibility index (Phi) is 49.8. The van der Waals surface area contributed by atoms with E-state index in [9.17, 15) is 14.4 Å². The van der Waals surface area contributed by atoms with E-state index in [-0.39, 0.29) is 31.1 Å². The van der Waals surface area contributed by atoms with Crippen LogP contribution in [0.4, 0.5) is 0 Å². The van der Waals surface area contributed by atoms with Crippen molar-refractivity contribution >= 4 is 17.9 Å². The second-order valence-corrected chi connectivity index (χ2v) is 18.1. The third-order valence-electron chi connectivity index (χ3n) is 11.8. The van der Waals surface area contributed by atoms with E-state index in [2.05, 4.69) is 69.4 Å².